The van der Waals surface area contributed by atoms with Crippen LogP contribution in [0.15, 0.2) is 71.3 Å². The molecule has 234 valence electrons. The zero-order chi connectivity index (χ0) is 31.0. The lowest BCUT2D eigenvalue weighted by Gasteiger charge is -2.13. The maximum Gasteiger partial charge on any atom is 0.344 e. The maximum absolute atomic E-state index is 13.6. The number of hydrogen-bond acceptors (Lipinski definition) is 6. The Hall–Kier alpha value is -3.93. The first-order chi connectivity index (χ1) is 21.6. The third kappa shape index (κ3) is 9.54. The van der Waals surface area contributed by atoms with Gasteiger partial charge < -0.3 is 14.0 Å². The van der Waals surface area contributed by atoms with E-state index in [1.807, 2.05) is 30.3 Å². The molecule has 0 spiro atoms. The molecule has 0 unspecified atom stereocenters. The van der Waals surface area contributed by atoms with Crippen LogP contribution in [0.3, 0.4) is 0 Å². The molecule has 0 saturated heterocycles. The third-order valence-corrected chi connectivity index (χ3v) is 8.08. The number of esters is 1. The van der Waals surface area contributed by atoms with Gasteiger partial charge in [-0.25, -0.2) is 4.79 Å². The number of benzene rings is 2. The molecular formula is C38H47NO5. The Morgan fingerprint density at radius 2 is 1.36 bits per heavy atom. The predicted molar refractivity (Wildman–Crippen MR) is 175 cm³/mol. The molecule has 0 saturated carbocycles. The zero-order valence-electron chi connectivity index (χ0n) is 26.4. The van der Waals surface area contributed by atoms with E-state index >= 15 is 0 Å². The molecule has 2 aromatic rings. The van der Waals surface area contributed by atoms with E-state index in [1.165, 1.54) is 70.6 Å². The number of rotatable bonds is 20. The van der Waals surface area contributed by atoms with Crippen molar-refractivity contribution in [3.8, 4) is 28.1 Å². The second-order valence-corrected chi connectivity index (χ2v) is 11.5. The Labute approximate surface area is 262 Å². The fourth-order valence-electron chi connectivity index (χ4n) is 5.68. The highest BCUT2D eigenvalue weighted by Crippen LogP contribution is 2.40. The fraction of sp³-hybridized carbons (Fsp3) is 0.447. The number of unbranched alkanes of at least 4 members (excludes halogenated alkanes) is 11. The molecule has 44 heavy (non-hydrogen) atoms. The predicted octanol–water partition coefficient (Wildman–Crippen LogP) is 9.86. The molecule has 0 radical (unpaired) electrons. The number of ether oxygens (including phenoxy) is 2. The quantitative estimate of drug-likeness (QED) is 0.0573. The number of carbonyl (C=O) groups excluding carboxylic acids is 2. The van der Waals surface area contributed by atoms with Crippen LogP contribution in [0.5, 0.6) is 5.75 Å². The van der Waals surface area contributed by atoms with Crippen molar-refractivity contribution in [3.05, 3.63) is 83.6 Å². The molecule has 0 amide bonds. The van der Waals surface area contributed by atoms with Crippen molar-refractivity contribution in [1.29, 1.82) is 0 Å². The number of aromatic nitrogens is 1. The average Bonchev–Trinajstić information content (AvgIpc) is 3.48. The normalized spacial score (nSPS) is 11.1. The Bertz CT molecular complexity index is 1390. The number of carbonyl (C=O) groups is 2. The van der Waals surface area contributed by atoms with Crippen LogP contribution in [-0.2, 0) is 16.0 Å². The van der Waals surface area contributed by atoms with Gasteiger partial charge in [-0.15, -0.1) is 0 Å². The Balaban J connectivity index is 1.41. The summed E-state index contributed by atoms with van der Waals surface area (Å²) in [5.74, 6) is 0.263. The Morgan fingerprint density at radius 1 is 0.727 bits per heavy atom. The molecule has 0 atom stereocenters. The van der Waals surface area contributed by atoms with Crippen LogP contribution < -0.4 is 4.74 Å². The summed E-state index contributed by atoms with van der Waals surface area (Å²) in [6.45, 7) is 4.20. The van der Waals surface area contributed by atoms with Gasteiger partial charge in [-0.3, -0.25) is 4.79 Å². The average molecular weight is 598 g/mol. The molecule has 6 nitrogen and oxygen atoms in total. The molecule has 1 aliphatic heterocycles. The molecule has 4 rings (SSSR count). The highest BCUT2D eigenvalue weighted by molar-refractivity contribution is 6.12. The molecule has 0 N–H and O–H groups in total. The summed E-state index contributed by atoms with van der Waals surface area (Å²) in [6.07, 6.45) is 16.5. The van der Waals surface area contributed by atoms with Crippen LogP contribution in [0, 0.1) is 0 Å². The van der Waals surface area contributed by atoms with Crippen molar-refractivity contribution in [1.82, 2.24) is 5.16 Å². The number of fused-ring (bicyclic) bond motifs is 1. The minimum atomic E-state index is -0.407. The monoisotopic (exact) mass is 597 g/mol. The molecule has 1 heterocycles. The van der Waals surface area contributed by atoms with E-state index in [2.05, 4.69) is 24.2 Å². The largest absolute Gasteiger partial charge is 0.482 e. The van der Waals surface area contributed by atoms with Gasteiger partial charge in [0, 0.05) is 22.3 Å². The molecule has 0 aromatic heterocycles. The van der Waals surface area contributed by atoms with E-state index in [0.29, 0.717) is 23.6 Å². The Kier molecular flexibility index (Phi) is 13.5. The van der Waals surface area contributed by atoms with Gasteiger partial charge in [0.05, 0.1) is 6.61 Å². The SMILES string of the molecule is CCCCCCCCCCCCCCc1ccc2c(-c3ccc(OCC(=O)OCC)cc3)noc(C(=O)c3ccccc3)c1-2. The highest BCUT2D eigenvalue weighted by atomic mass is 16.6. The third-order valence-electron chi connectivity index (χ3n) is 8.08. The molecule has 2 aliphatic rings. The molecule has 6 heteroatoms. The molecule has 0 fully saturated rings. The molecule has 0 bridgehead atoms. The summed E-state index contributed by atoms with van der Waals surface area (Å²) in [4.78, 5) is 25.2. The lowest BCUT2D eigenvalue weighted by Crippen LogP contribution is -2.14. The fourth-order valence-corrected chi connectivity index (χ4v) is 5.68. The summed E-state index contributed by atoms with van der Waals surface area (Å²) in [5, 5.41) is 4.42. The van der Waals surface area contributed by atoms with Gasteiger partial charge >= 0.3 is 5.97 Å². The van der Waals surface area contributed by atoms with Crippen LogP contribution in [0.1, 0.15) is 113 Å². The standard InChI is InChI=1S/C38H47NO5/c1-3-5-6-7-8-9-10-11-12-13-14-16-19-29-24-27-33-35(29)38(37(41)31-20-17-15-18-21-31)44-39-36(33)30-22-25-32(26-23-30)43-28-34(40)42-4-2/h15,17-18,20-27H,3-14,16,19,28H2,1-2H3. The van der Waals surface area contributed by atoms with Gasteiger partial charge in [0.2, 0.25) is 11.5 Å². The van der Waals surface area contributed by atoms with Gasteiger partial charge in [-0.2, -0.15) is 0 Å². The zero-order valence-corrected chi connectivity index (χ0v) is 26.4. The van der Waals surface area contributed by atoms with Crippen molar-refractivity contribution in [3.63, 3.8) is 0 Å². The topological polar surface area (TPSA) is 78.6 Å². The maximum atomic E-state index is 13.6. The van der Waals surface area contributed by atoms with Crippen LogP contribution in [0.2, 0.25) is 0 Å². The lowest BCUT2D eigenvalue weighted by atomic mass is 9.94. The number of ketones is 1. The summed E-state index contributed by atoms with van der Waals surface area (Å²) >= 11 is 0. The number of aryl methyl sites for hydroxylation is 1. The van der Waals surface area contributed by atoms with E-state index in [9.17, 15) is 9.59 Å². The van der Waals surface area contributed by atoms with Crippen molar-refractivity contribution >= 4 is 11.8 Å². The number of hydrogen-bond donors (Lipinski definition) is 0. The van der Waals surface area contributed by atoms with Gasteiger partial charge in [-0.1, -0.05) is 125 Å². The van der Waals surface area contributed by atoms with Gasteiger partial charge in [-0.05, 0) is 49.6 Å². The van der Waals surface area contributed by atoms with E-state index < -0.39 is 5.97 Å². The van der Waals surface area contributed by atoms with Gasteiger partial charge in [0.1, 0.15) is 11.4 Å². The van der Waals surface area contributed by atoms with E-state index in [0.717, 1.165) is 35.1 Å². The summed E-state index contributed by atoms with van der Waals surface area (Å²) in [5.41, 5.74) is 4.94. The minimum absolute atomic E-state index is 0.146. The second kappa shape index (κ2) is 18.0. The highest BCUT2D eigenvalue weighted by Gasteiger charge is 2.27. The van der Waals surface area contributed by atoms with Gasteiger partial charge in [0.15, 0.2) is 6.61 Å². The summed E-state index contributed by atoms with van der Waals surface area (Å²) in [7, 11) is 0. The van der Waals surface area contributed by atoms with Crippen molar-refractivity contribution < 1.29 is 23.6 Å². The van der Waals surface area contributed by atoms with Gasteiger partial charge in [0.25, 0.3) is 0 Å². The van der Waals surface area contributed by atoms with Crippen molar-refractivity contribution in [2.75, 3.05) is 13.2 Å². The number of nitrogens with zero attached hydrogens (tertiary/aromatic N) is 1. The van der Waals surface area contributed by atoms with Crippen molar-refractivity contribution in [2.45, 2.75) is 97.3 Å². The van der Waals surface area contributed by atoms with E-state index in [4.69, 9.17) is 14.0 Å². The van der Waals surface area contributed by atoms with Crippen LogP contribution >= 0.6 is 0 Å². The van der Waals surface area contributed by atoms with E-state index in [-0.39, 0.29) is 18.2 Å². The first-order valence-electron chi connectivity index (χ1n) is 16.5. The lowest BCUT2D eigenvalue weighted by molar-refractivity contribution is -0.145. The smallest absolute Gasteiger partial charge is 0.344 e. The van der Waals surface area contributed by atoms with Crippen LogP contribution in [-0.4, -0.2) is 30.1 Å². The van der Waals surface area contributed by atoms with Crippen molar-refractivity contribution in [2.24, 2.45) is 0 Å². The second-order valence-electron chi connectivity index (χ2n) is 11.5. The first-order valence-corrected chi connectivity index (χ1v) is 16.5. The minimum Gasteiger partial charge on any atom is -0.482 e. The Morgan fingerprint density at radius 3 is 2.00 bits per heavy atom. The van der Waals surface area contributed by atoms with E-state index in [1.54, 1.807) is 31.2 Å². The first kappa shape index (κ1) is 33.0. The molecule has 2 aromatic carbocycles. The van der Waals surface area contributed by atoms with Crippen LogP contribution in [0.25, 0.3) is 22.4 Å². The molecular weight excluding hydrogens is 550 g/mol. The summed E-state index contributed by atoms with van der Waals surface area (Å²) < 4.78 is 16.4. The molecule has 1 aliphatic carbocycles. The summed E-state index contributed by atoms with van der Waals surface area (Å²) in [6, 6.07) is 20.7. The van der Waals surface area contributed by atoms with Crippen LogP contribution in [0.4, 0.5) is 0 Å².